The number of carbonyl (C=O) groups is 2. The van der Waals surface area contributed by atoms with Crippen LogP contribution in [0.3, 0.4) is 0 Å². The molecule has 30 nitrogen and oxygen atoms in total. The summed E-state index contributed by atoms with van der Waals surface area (Å²) in [5.41, 5.74) is 0. The summed E-state index contributed by atoms with van der Waals surface area (Å²) in [7, 11) is 0. The number of carboxylic acids is 1. The summed E-state index contributed by atoms with van der Waals surface area (Å²) < 4.78 is 50.1. The number of hydrogen-bond donors (Lipinski definition) is 19. The summed E-state index contributed by atoms with van der Waals surface area (Å²) in [6.45, 7) is -4.35. The molecule has 5 saturated heterocycles. The van der Waals surface area contributed by atoms with Gasteiger partial charge in [-0.2, -0.15) is 0 Å². The molecule has 5 fully saturated rings. The van der Waals surface area contributed by atoms with Crippen molar-refractivity contribution < 1.29 is 144 Å². The van der Waals surface area contributed by atoms with E-state index in [0.29, 0.717) is 0 Å². The lowest BCUT2D eigenvalue weighted by Gasteiger charge is -2.52. The maximum Gasteiger partial charge on any atom is 0.364 e. The van der Waals surface area contributed by atoms with Gasteiger partial charge in [0, 0.05) is 13.3 Å². The van der Waals surface area contributed by atoms with Gasteiger partial charge >= 0.3 is 5.97 Å². The Morgan fingerprint density at radius 3 is 1.72 bits per heavy atom. The van der Waals surface area contributed by atoms with Crippen molar-refractivity contribution in [1.29, 1.82) is 0 Å². The van der Waals surface area contributed by atoms with Crippen LogP contribution in [0.5, 0.6) is 0 Å². The fourth-order valence-electron chi connectivity index (χ4n) is 8.14. The first-order chi connectivity index (χ1) is 30.6. The lowest BCUT2D eigenvalue weighted by atomic mass is 9.87. The van der Waals surface area contributed by atoms with Crippen molar-refractivity contribution in [3.63, 3.8) is 0 Å². The molecule has 0 aliphatic carbocycles. The van der Waals surface area contributed by atoms with Crippen LogP contribution in [0.15, 0.2) is 0 Å². The Balaban J connectivity index is 1.48. The Morgan fingerprint density at radius 1 is 0.615 bits per heavy atom. The fraction of sp³-hybridized carbons (Fsp3) is 0.943. The third-order valence-corrected chi connectivity index (χ3v) is 11.7. The van der Waals surface area contributed by atoms with Crippen LogP contribution in [0.1, 0.15) is 13.3 Å². The van der Waals surface area contributed by atoms with E-state index in [9.17, 15) is 102 Å². The number of rotatable bonds is 18. The first-order valence-electron chi connectivity index (χ1n) is 20.2. The van der Waals surface area contributed by atoms with Gasteiger partial charge in [0.05, 0.1) is 45.2 Å². The molecule has 65 heavy (non-hydrogen) atoms. The van der Waals surface area contributed by atoms with Crippen LogP contribution >= 0.6 is 0 Å². The van der Waals surface area contributed by atoms with Gasteiger partial charge in [0.2, 0.25) is 5.91 Å². The molecule has 26 atom stereocenters. The molecule has 5 heterocycles. The van der Waals surface area contributed by atoms with Crippen molar-refractivity contribution in [2.45, 2.75) is 172 Å². The second-order valence-corrected chi connectivity index (χ2v) is 16.1. The number of aliphatic hydroxyl groups excluding tert-OH is 17. The minimum atomic E-state index is -3.29. The van der Waals surface area contributed by atoms with E-state index in [1.807, 2.05) is 0 Å². The number of nitrogens with one attached hydrogen (secondary N) is 1. The summed E-state index contributed by atoms with van der Waals surface area (Å²) in [5.74, 6) is -6.34. The minimum Gasteiger partial charge on any atom is -0.477 e. The van der Waals surface area contributed by atoms with Crippen LogP contribution in [-0.4, -0.2) is 296 Å². The van der Waals surface area contributed by atoms with Crippen molar-refractivity contribution in [2.24, 2.45) is 0 Å². The predicted molar refractivity (Wildman–Crippen MR) is 195 cm³/mol. The molecule has 30 heteroatoms. The van der Waals surface area contributed by atoms with Crippen molar-refractivity contribution in [3.8, 4) is 0 Å². The minimum absolute atomic E-state index is 0.920. The zero-order valence-corrected chi connectivity index (χ0v) is 34.2. The van der Waals surface area contributed by atoms with E-state index < -0.39 is 210 Å². The molecule has 0 aromatic carbocycles. The van der Waals surface area contributed by atoms with Gasteiger partial charge in [-0.1, -0.05) is 0 Å². The third-order valence-electron chi connectivity index (χ3n) is 11.7. The summed E-state index contributed by atoms with van der Waals surface area (Å²) >= 11 is 0. The van der Waals surface area contributed by atoms with Crippen LogP contribution < -0.4 is 5.32 Å². The van der Waals surface area contributed by atoms with Crippen LogP contribution in [0, 0.1) is 0 Å². The predicted octanol–water partition coefficient (Wildman–Crippen LogP) is -12.6. The highest BCUT2D eigenvalue weighted by atomic mass is 16.8. The van der Waals surface area contributed by atoms with Crippen molar-refractivity contribution >= 4 is 11.9 Å². The summed E-state index contributed by atoms with van der Waals surface area (Å²) in [6.07, 6.45) is -49.5. The van der Waals surface area contributed by atoms with Crippen molar-refractivity contribution in [1.82, 2.24) is 5.32 Å². The van der Waals surface area contributed by atoms with E-state index >= 15 is 0 Å². The smallest absolute Gasteiger partial charge is 0.364 e. The number of amides is 1. The molecule has 0 aromatic heterocycles. The van der Waals surface area contributed by atoms with E-state index in [1.54, 1.807) is 0 Å². The standard InChI is InChI=1S/C35H59NO29/c1-8(42)36-15-11(58-33-24(53)29(17(46)12(5-39)59-33)63-32-22(51)19(48)25(61-32)10(44)4-38)2-35(34(55)56,65-28(15)16(45)9(43)3-37)64-27-14(7-41)60-31(23(52)20(27)49)62-26-13(6-40)57-30(54)21(50)18(26)47/h9-33,37-41,43-54H,2-7H2,1H3,(H,36,42)(H,55,56)/t9-,10-,11+,12-,13-,14-,15-,16-,17+,18-,19-,20-,21+,22-,23-,24-,25+,26-,27+,28-,29+,30-,31+,32+,33+,35-/m1/s1. The topological polar surface area (TPSA) is 493 Å². The van der Waals surface area contributed by atoms with Crippen LogP contribution in [0.25, 0.3) is 0 Å². The first kappa shape index (κ1) is 53.8. The zero-order valence-electron chi connectivity index (χ0n) is 34.2. The second kappa shape index (κ2) is 22.5. The molecule has 378 valence electrons. The first-order valence-corrected chi connectivity index (χ1v) is 20.2. The van der Waals surface area contributed by atoms with Gasteiger partial charge in [-0.05, 0) is 0 Å². The number of aliphatic carboxylic acids is 1. The molecule has 19 N–H and O–H groups in total. The van der Waals surface area contributed by atoms with Gasteiger partial charge in [0.1, 0.15) is 116 Å². The van der Waals surface area contributed by atoms with Gasteiger partial charge in [0.15, 0.2) is 25.2 Å². The number of aliphatic hydroxyl groups is 17. The lowest BCUT2D eigenvalue weighted by molar-refractivity contribution is -0.391. The quantitative estimate of drug-likeness (QED) is 0.0606. The van der Waals surface area contributed by atoms with Crippen LogP contribution in [0.4, 0.5) is 0 Å². The normalized spacial score (nSPS) is 47.5. The van der Waals surface area contributed by atoms with E-state index in [0.717, 1.165) is 6.92 Å². The molecule has 0 aromatic rings. The van der Waals surface area contributed by atoms with Gasteiger partial charge in [0.25, 0.3) is 5.79 Å². The molecule has 0 bridgehead atoms. The van der Waals surface area contributed by atoms with Crippen LogP contribution in [-0.2, 0) is 52.2 Å². The Labute approximate surface area is 366 Å². The van der Waals surface area contributed by atoms with E-state index in [-0.39, 0.29) is 0 Å². The molecule has 0 radical (unpaired) electrons. The number of carboxylic acid groups (broad SMARTS) is 1. The summed E-state index contributed by atoms with van der Waals surface area (Å²) in [6, 6.07) is -1.83. The molecule has 0 unspecified atom stereocenters. The Hall–Kier alpha value is -2.10. The average Bonchev–Trinajstić information content (AvgIpc) is 3.56. The Bertz CT molecular complexity index is 1530. The molecule has 0 saturated carbocycles. The van der Waals surface area contributed by atoms with E-state index in [1.165, 1.54) is 0 Å². The van der Waals surface area contributed by atoms with Gasteiger partial charge in [-0.3, -0.25) is 4.79 Å². The Morgan fingerprint density at radius 2 is 1.15 bits per heavy atom. The fourth-order valence-corrected chi connectivity index (χ4v) is 8.14. The summed E-state index contributed by atoms with van der Waals surface area (Å²) in [5, 5.41) is 191. The van der Waals surface area contributed by atoms with Gasteiger partial charge in [-0.15, -0.1) is 0 Å². The van der Waals surface area contributed by atoms with E-state index in [2.05, 4.69) is 5.32 Å². The molecular weight excluding hydrogens is 898 g/mol. The lowest BCUT2D eigenvalue weighted by Crippen LogP contribution is -2.72. The highest BCUT2D eigenvalue weighted by molar-refractivity contribution is 5.76. The number of hydrogen-bond acceptors (Lipinski definition) is 28. The monoisotopic (exact) mass is 957 g/mol. The number of ether oxygens (including phenoxy) is 9. The molecule has 0 spiro atoms. The molecular formula is C35H59NO29. The SMILES string of the molecule is CC(=O)N[C@H]1[C@H]([C@H](O)[C@H](O)CO)O[C@@](O[C@@H]2[C@H](O)[C@@H](O)[C@H](O[C@H]3[C@H](O)[C@H](O)[C@H](O)O[C@@H]3CO)O[C@@H]2CO)(C(=O)O)C[C@@H]1O[C@H]1O[C@H](CO)[C@H](O)[C@H](O[C@@H]2O[C@@H]([C@H](O)CO)[C@H](O)[C@H]2O)[C@H]1O. The highest BCUT2D eigenvalue weighted by Gasteiger charge is 2.62. The third kappa shape index (κ3) is 11.2. The maximum atomic E-state index is 13.4. The largest absolute Gasteiger partial charge is 0.477 e. The number of carbonyl (C=O) groups excluding carboxylic acids is 1. The Kier molecular flexibility index (Phi) is 18.7. The molecule has 5 aliphatic rings. The summed E-state index contributed by atoms with van der Waals surface area (Å²) in [4.78, 5) is 26.0. The molecule has 5 rings (SSSR count). The molecule has 1 amide bonds. The molecule has 5 aliphatic heterocycles. The van der Waals surface area contributed by atoms with Gasteiger partial charge in [-0.25, -0.2) is 4.79 Å². The highest BCUT2D eigenvalue weighted by Crippen LogP contribution is 2.41. The zero-order chi connectivity index (χ0) is 48.4. The second-order valence-electron chi connectivity index (χ2n) is 16.1. The average molecular weight is 958 g/mol. The maximum absolute atomic E-state index is 13.4. The van der Waals surface area contributed by atoms with Gasteiger partial charge < -0.3 is 140 Å². The van der Waals surface area contributed by atoms with Crippen LogP contribution in [0.2, 0.25) is 0 Å². The van der Waals surface area contributed by atoms with E-state index in [4.69, 9.17) is 42.6 Å². The van der Waals surface area contributed by atoms with Crippen molar-refractivity contribution in [3.05, 3.63) is 0 Å². The van der Waals surface area contributed by atoms with Crippen molar-refractivity contribution in [2.75, 3.05) is 33.0 Å².